The minimum absolute atomic E-state index is 0.284. The molecule has 1 aliphatic heterocycles. The van der Waals surface area contributed by atoms with Crippen molar-refractivity contribution in [2.24, 2.45) is 5.92 Å². The molecule has 0 amide bonds. The highest BCUT2D eigenvalue weighted by atomic mass is 19.1. The van der Waals surface area contributed by atoms with Gasteiger partial charge < -0.3 is 20.4 Å². The number of pyridine rings is 1. The Kier molecular flexibility index (Phi) is 9.08. The van der Waals surface area contributed by atoms with Crippen LogP contribution in [0, 0.1) is 18.7 Å². The zero-order chi connectivity index (χ0) is 28.1. The molecule has 0 bridgehead atoms. The van der Waals surface area contributed by atoms with Gasteiger partial charge in [-0.25, -0.2) is 9.37 Å². The second-order valence-electron chi connectivity index (χ2n) is 10.5. The molecule has 1 saturated heterocycles. The van der Waals surface area contributed by atoms with Crippen LogP contribution in [-0.4, -0.2) is 50.2 Å². The fourth-order valence-electron chi connectivity index (χ4n) is 5.25. The third kappa shape index (κ3) is 6.17. The lowest BCUT2D eigenvalue weighted by molar-refractivity contribution is 0.312. The van der Waals surface area contributed by atoms with Crippen LogP contribution >= 0.6 is 0 Å². The monoisotopic (exact) mass is 527 g/mol. The van der Waals surface area contributed by atoms with Crippen LogP contribution in [-0.2, 0) is 0 Å². The van der Waals surface area contributed by atoms with Crippen molar-refractivity contribution < 1.29 is 4.39 Å². The standard InChI is InChI=1S/C33H42FN5/c1-8-25(27-11-10-12-27)19-26(9-2)29-20-28(31(35-6)21-30(29)34)22(3)24(5)37-33-23(4)32(13-14-36-33)39-17-15-38(7)16-18-39/h8-9,13-14,19-21,27,35H,1,3,5,10-12,15-18H2,2,4,6-7H3,(H,36,37)/b25-19+,26-9+. The largest absolute Gasteiger partial charge is 0.388 e. The molecule has 0 unspecified atom stereocenters. The van der Waals surface area contributed by atoms with Crippen LogP contribution in [0.1, 0.15) is 42.9 Å². The molecular formula is C33H42FN5. The molecule has 0 spiro atoms. The maximum absolute atomic E-state index is 15.4. The van der Waals surface area contributed by atoms with Crippen LogP contribution in [0.3, 0.4) is 0 Å². The number of benzene rings is 1. The number of hydrogen-bond donors (Lipinski definition) is 2. The van der Waals surface area contributed by atoms with Gasteiger partial charge in [0, 0.05) is 73.2 Å². The van der Waals surface area contributed by atoms with Crippen LogP contribution in [0.2, 0.25) is 0 Å². The molecule has 2 fully saturated rings. The molecule has 2 heterocycles. The first kappa shape index (κ1) is 28.4. The van der Waals surface area contributed by atoms with Gasteiger partial charge in [0.05, 0.1) is 0 Å². The van der Waals surface area contributed by atoms with E-state index in [1.165, 1.54) is 23.7 Å². The van der Waals surface area contributed by atoms with Crippen molar-refractivity contribution in [2.75, 3.05) is 55.8 Å². The summed E-state index contributed by atoms with van der Waals surface area (Å²) in [5.41, 5.74) is 7.51. The minimum Gasteiger partial charge on any atom is -0.388 e. The average molecular weight is 528 g/mol. The highest BCUT2D eigenvalue weighted by Crippen LogP contribution is 2.38. The van der Waals surface area contributed by atoms with Gasteiger partial charge >= 0.3 is 0 Å². The molecule has 4 rings (SSSR count). The van der Waals surface area contributed by atoms with Crippen LogP contribution in [0.15, 0.2) is 73.6 Å². The molecule has 0 radical (unpaired) electrons. The smallest absolute Gasteiger partial charge is 0.135 e. The summed E-state index contributed by atoms with van der Waals surface area (Å²) in [6.45, 7) is 20.7. The van der Waals surface area contributed by atoms with E-state index >= 15 is 4.39 Å². The van der Waals surface area contributed by atoms with Crippen LogP contribution < -0.4 is 15.5 Å². The van der Waals surface area contributed by atoms with Gasteiger partial charge in [-0.15, -0.1) is 0 Å². The fourth-order valence-corrected chi connectivity index (χ4v) is 5.25. The second kappa shape index (κ2) is 12.5. The van der Waals surface area contributed by atoms with Gasteiger partial charge in [0.15, 0.2) is 0 Å². The predicted molar refractivity (Wildman–Crippen MR) is 166 cm³/mol. The third-order valence-electron chi connectivity index (χ3n) is 8.11. The first-order valence-corrected chi connectivity index (χ1v) is 13.8. The molecular weight excluding hydrogens is 485 g/mol. The summed E-state index contributed by atoms with van der Waals surface area (Å²) in [4.78, 5) is 9.34. The number of rotatable bonds is 10. The SMILES string of the molecule is C=C/C(=C\C(=C/C)c1cc(C(=C)C(=C)Nc2nccc(N3CCN(C)CC3)c2C)c(NC)cc1F)C1CCC1. The van der Waals surface area contributed by atoms with Crippen molar-refractivity contribution in [1.29, 1.82) is 0 Å². The number of hydrogen-bond acceptors (Lipinski definition) is 5. The average Bonchev–Trinajstić information content (AvgIpc) is 2.91. The Labute approximate surface area is 233 Å². The molecule has 5 nitrogen and oxygen atoms in total. The van der Waals surface area contributed by atoms with Crippen LogP contribution in [0.4, 0.5) is 21.6 Å². The molecule has 2 N–H and O–H groups in total. The van der Waals surface area contributed by atoms with Crippen molar-refractivity contribution in [3.05, 3.63) is 96.1 Å². The van der Waals surface area contributed by atoms with E-state index in [-0.39, 0.29) is 5.82 Å². The van der Waals surface area contributed by atoms with Crippen molar-refractivity contribution >= 4 is 28.3 Å². The first-order chi connectivity index (χ1) is 18.8. The maximum atomic E-state index is 15.4. The number of halogens is 1. The number of anilines is 3. The van der Waals surface area contributed by atoms with Gasteiger partial charge in [-0.3, -0.25) is 0 Å². The molecule has 39 heavy (non-hydrogen) atoms. The normalized spacial score (nSPS) is 17.0. The van der Waals surface area contributed by atoms with Crippen molar-refractivity contribution in [2.45, 2.75) is 33.1 Å². The lowest BCUT2D eigenvalue weighted by Gasteiger charge is -2.35. The van der Waals surface area contributed by atoms with Gasteiger partial charge in [-0.1, -0.05) is 44.4 Å². The van der Waals surface area contributed by atoms with Crippen molar-refractivity contribution in [3.63, 3.8) is 0 Å². The Morgan fingerprint density at radius 3 is 2.44 bits per heavy atom. The Bertz CT molecular complexity index is 1310. The maximum Gasteiger partial charge on any atom is 0.135 e. The summed E-state index contributed by atoms with van der Waals surface area (Å²) < 4.78 is 15.4. The molecule has 2 aromatic rings. The van der Waals surface area contributed by atoms with Gasteiger partial charge in [0.1, 0.15) is 11.6 Å². The molecule has 0 atom stereocenters. The summed E-state index contributed by atoms with van der Waals surface area (Å²) in [6.07, 6.45) is 11.3. The van der Waals surface area contributed by atoms with Gasteiger partial charge in [0.25, 0.3) is 0 Å². The second-order valence-corrected chi connectivity index (χ2v) is 10.5. The van der Waals surface area contributed by atoms with Crippen molar-refractivity contribution in [1.82, 2.24) is 9.88 Å². The summed E-state index contributed by atoms with van der Waals surface area (Å²) >= 11 is 0. The molecule has 2 aliphatic rings. The van der Waals surface area contributed by atoms with E-state index in [9.17, 15) is 0 Å². The number of allylic oxidation sites excluding steroid dienone is 6. The van der Waals surface area contributed by atoms with E-state index in [1.54, 1.807) is 7.05 Å². The zero-order valence-corrected chi connectivity index (χ0v) is 23.9. The quantitative estimate of drug-likeness (QED) is 0.318. The molecule has 1 aliphatic carbocycles. The van der Waals surface area contributed by atoms with E-state index in [2.05, 4.69) is 71.3 Å². The summed E-state index contributed by atoms with van der Waals surface area (Å²) in [5.74, 6) is 0.972. The summed E-state index contributed by atoms with van der Waals surface area (Å²) in [7, 11) is 3.94. The highest BCUT2D eigenvalue weighted by Gasteiger charge is 2.22. The Hall–Kier alpha value is -3.64. The number of likely N-dealkylation sites (N-methyl/N-ethyl adjacent to an activating group) is 1. The molecule has 1 aromatic heterocycles. The Balaban J connectivity index is 1.61. The summed E-state index contributed by atoms with van der Waals surface area (Å²) in [5, 5.41) is 6.52. The third-order valence-corrected chi connectivity index (χ3v) is 8.11. The van der Waals surface area contributed by atoms with Crippen LogP contribution in [0.5, 0.6) is 0 Å². The molecule has 1 saturated carbocycles. The minimum atomic E-state index is -0.284. The topological polar surface area (TPSA) is 43.4 Å². The number of aromatic nitrogens is 1. The molecule has 1 aromatic carbocycles. The first-order valence-electron chi connectivity index (χ1n) is 13.8. The Morgan fingerprint density at radius 2 is 1.85 bits per heavy atom. The van der Waals surface area contributed by atoms with Gasteiger partial charge in [-0.2, -0.15) is 0 Å². The number of nitrogens with zero attached hydrogens (tertiary/aromatic N) is 3. The fraction of sp³-hybridized carbons (Fsp3) is 0.364. The van der Waals surface area contributed by atoms with E-state index in [0.29, 0.717) is 28.4 Å². The Morgan fingerprint density at radius 1 is 1.13 bits per heavy atom. The lowest BCUT2D eigenvalue weighted by atomic mass is 9.78. The van der Waals surface area contributed by atoms with E-state index < -0.39 is 0 Å². The zero-order valence-electron chi connectivity index (χ0n) is 23.9. The number of nitrogens with one attached hydrogen (secondary N) is 2. The van der Waals surface area contributed by atoms with Gasteiger partial charge in [0.2, 0.25) is 0 Å². The highest BCUT2D eigenvalue weighted by molar-refractivity contribution is 5.89. The van der Waals surface area contributed by atoms with E-state index in [1.807, 2.05) is 31.3 Å². The van der Waals surface area contributed by atoms with Crippen LogP contribution in [0.25, 0.3) is 11.1 Å². The molecule has 6 heteroatoms. The van der Waals surface area contributed by atoms with Crippen molar-refractivity contribution in [3.8, 4) is 0 Å². The summed E-state index contributed by atoms with van der Waals surface area (Å²) in [6, 6.07) is 5.47. The van der Waals surface area contributed by atoms with E-state index in [4.69, 9.17) is 0 Å². The lowest BCUT2D eigenvalue weighted by Crippen LogP contribution is -2.44. The van der Waals surface area contributed by atoms with Gasteiger partial charge in [-0.05, 0) is 74.6 Å². The molecule has 206 valence electrons. The predicted octanol–water partition coefficient (Wildman–Crippen LogP) is 7.28. The number of piperazine rings is 1. The van der Waals surface area contributed by atoms with E-state index in [0.717, 1.165) is 61.5 Å².